The van der Waals surface area contributed by atoms with Crippen LogP contribution < -0.4 is 5.73 Å². The van der Waals surface area contributed by atoms with Gasteiger partial charge in [-0.1, -0.05) is 44.2 Å². The lowest BCUT2D eigenvalue weighted by atomic mass is 9.76. The highest BCUT2D eigenvalue weighted by Gasteiger charge is 2.39. The predicted molar refractivity (Wildman–Crippen MR) is 77.2 cm³/mol. The summed E-state index contributed by atoms with van der Waals surface area (Å²) in [4.78, 5) is 2.56. The molecule has 1 fully saturated rings. The van der Waals surface area contributed by atoms with Crippen molar-refractivity contribution in [3.8, 4) is 0 Å². The van der Waals surface area contributed by atoms with E-state index in [4.69, 9.17) is 5.73 Å². The van der Waals surface area contributed by atoms with E-state index in [0.717, 1.165) is 6.54 Å². The van der Waals surface area contributed by atoms with Gasteiger partial charge in [-0.2, -0.15) is 0 Å². The molecular formula is C16H26N2. The number of piperidine rings is 1. The Morgan fingerprint density at radius 2 is 1.56 bits per heavy atom. The molecule has 0 spiro atoms. The molecule has 0 aromatic heterocycles. The van der Waals surface area contributed by atoms with Crippen LogP contribution in [-0.2, 0) is 6.54 Å². The van der Waals surface area contributed by atoms with E-state index in [0.29, 0.717) is 23.9 Å². The first-order valence-electron chi connectivity index (χ1n) is 7.07. The molecule has 0 amide bonds. The van der Waals surface area contributed by atoms with Crippen LogP contribution >= 0.6 is 0 Å². The van der Waals surface area contributed by atoms with E-state index in [1.165, 1.54) is 5.56 Å². The molecule has 0 saturated carbocycles. The van der Waals surface area contributed by atoms with Gasteiger partial charge in [-0.15, -0.1) is 0 Å². The Labute approximate surface area is 111 Å². The van der Waals surface area contributed by atoms with Crippen molar-refractivity contribution in [2.45, 2.75) is 52.4 Å². The molecule has 1 saturated heterocycles. The maximum Gasteiger partial charge on any atom is 0.0240 e. The fraction of sp³-hybridized carbons (Fsp3) is 0.625. The first-order chi connectivity index (χ1) is 8.52. The summed E-state index contributed by atoms with van der Waals surface area (Å²) >= 11 is 0. The third-order valence-electron chi connectivity index (χ3n) is 5.01. The molecule has 2 rings (SSSR count). The summed E-state index contributed by atoms with van der Waals surface area (Å²) in [5.74, 6) is 1.25. The zero-order chi connectivity index (χ0) is 13.3. The average Bonchev–Trinajstić information content (AvgIpc) is 2.40. The molecule has 0 unspecified atom stereocenters. The fourth-order valence-electron chi connectivity index (χ4n) is 3.21. The summed E-state index contributed by atoms with van der Waals surface area (Å²) in [6.45, 7) is 10.2. The van der Waals surface area contributed by atoms with Crippen LogP contribution in [0.2, 0.25) is 0 Å². The van der Waals surface area contributed by atoms with Crippen LogP contribution in [0.5, 0.6) is 0 Å². The number of likely N-dealkylation sites (tertiary alicyclic amines) is 1. The monoisotopic (exact) mass is 246 g/mol. The molecule has 1 aliphatic heterocycles. The highest BCUT2D eigenvalue weighted by atomic mass is 15.2. The molecule has 100 valence electrons. The van der Waals surface area contributed by atoms with Gasteiger partial charge in [0.1, 0.15) is 0 Å². The van der Waals surface area contributed by atoms with Crippen molar-refractivity contribution < 1.29 is 0 Å². The Morgan fingerprint density at radius 1 is 0.944 bits per heavy atom. The number of hydrogen-bond acceptors (Lipinski definition) is 2. The van der Waals surface area contributed by atoms with Crippen molar-refractivity contribution in [1.82, 2.24) is 4.90 Å². The van der Waals surface area contributed by atoms with E-state index in [-0.39, 0.29) is 6.04 Å². The number of rotatable bonds is 2. The standard InChI is InChI=1S/C16H26N2/c1-11-12(2)16(17)14(4)18(13(11)3)10-15-8-6-5-7-9-15/h5-9,11-14,16H,10,17H2,1-4H3/t11-,12+,13-,14-,16-/m0/s1. The Morgan fingerprint density at radius 3 is 2.17 bits per heavy atom. The first kappa shape index (κ1) is 13.6. The van der Waals surface area contributed by atoms with Crippen LogP contribution in [-0.4, -0.2) is 23.0 Å². The van der Waals surface area contributed by atoms with Crippen molar-refractivity contribution in [2.75, 3.05) is 0 Å². The first-order valence-corrected chi connectivity index (χ1v) is 7.07. The normalized spacial score (nSPS) is 37.7. The molecule has 1 aromatic carbocycles. The molecule has 5 atom stereocenters. The average molecular weight is 246 g/mol. The Kier molecular flexibility index (Phi) is 4.08. The van der Waals surface area contributed by atoms with Crippen molar-refractivity contribution in [2.24, 2.45) is 17.6 Å². The number of nitrogens with zero attached hydrogens (tertiary/aromatic N) is 1. The van der Waals surface area contributed by atoms with E-state index in [1.54, 1.807) is 0 Å². The second kappa shape index (κ2) is 5.41. The molecule has 0 radical (unpaired) electrons. The lowest BCUT2D eigenvalue weighted by molar-refractivity contribution is 0.00745. The van der Waals surface area contributed by atoms with Crippen molar-refractivity contribution >= 4 is 0 Å². The molecule has 2 nitrogen and oxygen atoms in total. The van der Waals surface area contributed by atoms with E-state index in [9.17, 15) is 0 Å². The predicted octanol–water partition coefficient (Wildman–Crippen LogP) is 2.88. The largest absolute Gasteiger partial charge is 0.326 e. The number of nitrogens with two attached hydrogens (primary N) is 1. The molecule has 1 aliphatic rings. The zero-order valence-corrected chi connectivity index (χ0v) is 12.0. The summed E-state index contributed by atoms with van der Waals surface area (Å²) in [6.07, 6.45) is 0. The fourth-order valence-corrected chi connectivity index (χ4v) is 3.21. The summed E-state index contributed by atoms with van der Waals surface area (Å²) in [5.41, 5.74) is 7.76. The molecule has 0 aliphatic carbocycles. The van der Waals surface area contributed by atoms with Crippen LogP contribution in [0.15, 0.2) is 30.3 Å². The zero-order valence-electron chi connectivity index (χ0n) is 12.0. The van der Waals surface area contributed by atoms with Gasteiger partial charge in [-0.3, -0.25) is 4.90 Å². The smallest absolute Gasteiger partial charge is 0.0240 e. The lowest BCUT2D eigenvalue weighted by Gasteiger charge is -2.49. The Bertz CT molecular complexity index is 360. The minimum atomic E-state index is 0.278. The highest BCUT2D eigenvalue weighted by Crippen LogP contribution is 2.32. The quantitative estimate of drug-likeness (QED) is 0.869. The van der Waals surface area contributed by atoms with Crippen LogP contribution in [0.4, 0.5) is 0 Å². The molecule has 2 heteroatoms. The van der Waals surface area contributed by atoms with Crippen LogP contribution in [0.25, 0.3) is 0 Å². The van der Waals surface area contributed by atoms with Gasteiger partial charge in [0.05, 0.1) is 0 Å². The van der Waals surface area contributed by atoms with Crippen LogP contribution in [0, 0.1) is 11.8 Å². The third kappa shape index (κ3) is 2.45. The van der Waals surface area contributed by atoms with Crippen LogP contribution in [0.1, 0.15) is 33.3 Å². The van der Waals surface area contributed by atoms with Gasteiger partial charge in [-0.05, 0) is 31.2 Å². The molecule has 1 aromatic rings. The van der Waals surface area contributed by atoms with Gasteiger partial charge in [0.2, 0.25) is 0 Å². The van der Waals surface area contributed by atoms with Gasteiger partial charge in [-0.25, -0.2) is 0 Å². The highest BCUT2D eigenvalue weighted by molar-refractivity contribution is 5.15. The maximum absolute atomic E-state index is 6.38. The lowest BCUT2D eigenvalue weighted by Crippen LogP contribution is -2.60. The third-order valence-corrected chi connectivity index (χ3v) is 5.01. The summed E-state index contributed by atoms with van der Waals surface area (Å²) in [5, 5.41) is 0. The van der Waals surface area contributed by atoms with Gasteiger partial charge in [0, 0.05) is 24.7 Å². The number of hydrogen-bond donors (Lipinski definition) is 1. The number of benzene rings is 1. The van der Waals surface area contributed by atoms with Gasteiger partial charge >= 0.3 is 0 Å². The van der Waals surface area contributed by atoms with Crippen molar-refractivity contribution in [3.63, 3.8) is 0 Å². The van der Waals surface area contributed by atoms with Gasteiger partial charge in [0.25, 0.3) is 0 Å². The maximum atomic E-state index is 6.38. The second-order valence-electron chi connectivity index (χ2n) is 5.93. The van der Waals surface area contributed by atoms with Crippen LogP contribution in [0.3, 0.4) is 0 Å². The Balaban J connectivity index is 2.16. The molecule has 1 heterocycles. The van der Waals surface area contributed by atoms with E-state index < -0.39 is 0 Å². The molecule has 0 bridgehead atoms. The van der Waals surface area contributed by atoms with E-state index in [2.05, 4.69) is 62.9 Å². The minimum absolute atomic E-state index is 0.278. The van der Waals surface area contributed by atoms with E-state index in [1.807, 2.05) is 0 Å². The van der Waals surface area contributed by atoms with Gasteiger partial charge in [0.15, 0.2) is 0 Å². The Hall–Kier alpha value is -0.860. The van der Waals surface area contributed by atoms with Gasteiger partial charge < -0.3 is 5.73 Å². The molecule has 18 heavy (non-hydrogen) atoms. The molecular weight excluding hydrogens is 220 g/mol. The summed E-state index contributed by atoms with van der Waals surface area (Å²) < 4.78 is 0. The molecule has 2 N–H and O–H groups in total. The topological polar surface area (TPSA) is 29.3 Å². The summed E-state index contributed by atoms with van der Waals surface area (Å²) in [7, 11) is 0. The second-order valence-corrected chi connectivity index (χ2v) is 5.93. The van der Waals surface area contributed by atoms with Crippen molar-refractivity contribution in [1.29, 1.82) is 0 Å². The summed E-state index contributed by atoms with van der Waals surface area (Å²) in [6, 6.07) is 12.0. The minimum Gasteiger partial charge on any atom is -0.326 e. The van der Waals surface area contributed by atoms with Crippen molar-refractivity contribution in [3.05, 3.63) is 35.9 Å². The SMILES string of the molecule is C[C@@H]1[C@H](C)[C@H](C)N(Cc2ccccc2)[C@@H](C)[C@H]1N. The van der Waals surface area contributed by atoms with E-state index >= 15 is 0 Å².